The number of carbonyl (C=O) groups is 2. The fourth-order valence-electron chi connectivity index (χ4n) is 3.59. The summed E-state index contributed by atoms with van der Waals surface area (Å²) in [7, 11) is 0. The minimum atomic E-state index is -0.426. The van der Waals surface area contributed by atoms with Crippen molar-refractivity contribution < 1.29 is 9.59 Å². The van der Waals surface area contributed by atoms with Gasteiger partial charge in [0, 0.05) is 18.4 Å². The highest BCUT2D eigenvalue weighted by Gasteiger charge is 2.45. The van der Waals surface area contributed by atoms with E-state index < -0.39 is 5.41 Å². The molecule has 1 aliphatic rings. The number of benzene rings is 1. The molecule has 1 aliphatic carbocycles. The van der Waals surface area contributed by atoms with E-state index in [1.165, 1.54) is 0 Å². The molecule has 3 aromatic rings. The number of imidazole rings is 1. The number of amides is 2. The average molecular weight is 377 g/mol. The van der Waals surface area contributed by atoms with Crippen molar-refractivity contribution in [2.45, 2.75) is 38.0 Å². The van der Waals surface area contributed by atoms with Gasteiger partial charge in [0.25, 0.3) is 5.91 Å². The lowest BCUT2D eigenvalue weighted by atomic mass is 9.64. The van der Waals surface area contributed by atoms with Gasteiger partial charge in [0.15, 0.2) is 5.65 Å². The van der Waals surface area contributed by atoms with E-state index in [0.717, 1.165) is 31.2 Å². The first-order valence-electron chi connectivity index (χ1n) is 9.63. The van der Waals surface area contributed by atoms with Crippen molar-refractivity contribution in [2.24, 2.45) is 0 Å². The molecule has 4 rings (SSSR count). The Balaban J connectivity index is 1.48. The van der Waals surface area contributed by atoms with Gasteiger partial charge in [-0.05, 0) is 49.1 Å². The van der Waals surface area contributed by atoms with Crippen molar-refractivity contribution in [3.05, 3.63) is 60.0 Å². The lowest BCUT2D eigenvalue weighted by Crippen LogP contribution is -2.49. The molecule has 0 unspecified atom stereocenters. The minimum absolute atomic E-state index is 0.106. The molecule has 2 amide bonds. The van der Waals surface area contributed by atoms with Crippen molar-refractivity contribution in [1.29, 1.82) is 0 Å². The smallest absolute Gasteiger partial charge is 0.275 e. The molecule has 1 fully saturated rings. The molecule has 144 valence electrons. The zero-order chi connectivity index (χ0) is 19.6. The Morgan fingerprint density at radius 2 is 1.96 bits per heavy atom. The Morgan fingerprint density at radius 3 is 2.61 bits per heavy atom. The van der Waals surface area contributed by atoms with Crippen LogP contribution in [0.2, 0.25) is 0 Å². The van der Waals surface area contributed by atoms with Crippen LogP contribution < -0.4 is 10.6 Å². The van der Waals surface area contributed by atoms with Gasteiger partial charge < -0.3 is 10.6 Å². The topological polar surface area (TPSA) is 88.4 Å². The highest BCUT2D eigenvalue weighted by atomic mass is 16.2. The molecular formula is C21H23N5O2. The van der Waals surface area contributed by atoms with E-state index in [9.17, 15) is 9.59 Å². The Morgan fingerprint density at radius 1 is 1.18 bits per heavy atom. The second kappa shape index (κ2) is 7.42. The molecule has 7 heteroatoms. The van der Waals surface area contributed by atoms with E-state index in [0.29, 0.717) is 23.6 Å². The number of carbonyl (C=O) groups excluding carboxylic acids is 2. The number of hydrogen-bond acceptors (Lipinski definition) is 4. The molecule has 0 saturated heterocycles. The quantitative estimate of drug-likeness (QED) is 0.691. The lowest BCUT2D eigenvalue weighted by molar-refractivity contribution is -0.129. The second-order valence-electron chi connectivity index (χ2n) is 7.18. The van der Waals surface area contributed by atoms with Crippen molar-refractivity contribution in [3.63, 3.8) is 0 Å². The Bertz CT molecular complexity index is 972. The highest BCUT2D eigenvalue weighted by Crippen LogP contribution is 2.44. The fraction of sp³-hybridized carbons (Fsp3) is 0.333. The zero-order valence-corrected chi connectivity index (χ0v) is 15.8. The molecule has 1 saturated carbocycles. The third-order valence-corrected chi connectivity index (χ3v) is 5.34. The SMILES string of the molecule is CCCNC(=O)C1(c2ccc(NC(=O)c3cn4ncccc4n3)cc2)CCC1. The zero-order valence-electron chi connectivity index (χ0n) is 15.8. The first kappa shape index (κ1) is 18.2. The number of hydrogen-bond donors (Lipinski definition) is 2. The first-order chi connectivity index (χ1) is 13.6. The molecule has 2 N–H and O–H groups in total. The van der Waals surface area contributed by atoms with E-state index in [-0.39, 0.29) is 11.8 Å². The van der Waals surface area contributed by atoms with Crippen molar-refractivity contribution in [2.75, 3.05) is 11.9 Å². The molecule has 2 aromatic heterocycles. The molecule has 0 atom stereocenters. The predicted octanol–water partition coefficient (Wildman–Crippen LogP) is 2.93. The van der Waals surface area contributed by atoms with Gasteiger partial charge in [-0.15, -0.1) is 0 Å². The van der Waals surface area contributed by atoms with Crippen LogP contribution in [0.5, 0.6) is 0 Å². The average Bonchev–Trinajstić information content (AvgIpc) is 3.11. The first-order valence-corrected chi connectivity index (χ1v) is 9.63. The van der Waals surface area contributed by atoms with Crippen LogP contribution in [0.25, 0.3) is 5.65 Å². The van der Waals surface area contributed by atoms with Gasteiger partial charge in [0.2, 0.25) is 5.91 Å². The standard InChI is InChI=1S/C21H23N5O2/c1-2-12-22-20(28)21(10-4-11-21)15-6-8-16(9-7-15)24-19(27)17-14-26-18(25-17)5-3-13-23-26/h3,5-9,13-14H,2,4,10-12H2,1H3,(H,22,28)(H,24,27). The summed E-state index contributed by atoms with van der Waals surface area (Å²) in [4.78, 5) is 29.4. The fourth-order valence-corrected chi connectivity index (χ4v) is 3.59. The molecule has 28 heavy (non-hydrogen) atoms. The van der Waals surface area contributed by atoms with Crippen LogP contribution in [0.15, 0.2) is 48.8 Å². The van der Waals surface area contributed by atoms with Crippen LogP contribution in [-0.4, -0.2) is 33.0 Å². The summed E-state index contributed by atoms with van der Waals surface area (Å²) in [6, 6.07) is 11.1. The monoisotopic (exact) mass is 377 g/mol. The van der Waals surface area contributed by atoms with Crippen molar-refractivity contribution >= 4 is 23.1 Å². The molecule has 0 spiro atoms. The maximum Gasteiger partial charge on any atom is 0.275 e. The van der Waals surface area contributed by atoms with Crippen LogP contribution in [0.4, 0.5) is 5.69 Å². The molecule has 0 aliphatic heterocycles. The predicted molar refractivity (Wildman–Crippen MR) is 106 cm³/mol. The number of aromatic nitrogens is 3. The van der Waals surface area contributed by atoms with Gasteiger partial charge in [-0.3, -0.25) is 9.59 Å². The van der Waals surface area contributed by atoms with Crippen molar-refractivity contribution in [1.82, 2.24) is 19.9 Å². The summed E-state index contributed by atoms with van der Waals surface area (Å²) in [6.07, 6.45) is 6.94. The lowest BCUT2D eigenvalue weighted by Gasteiger charge is -2.40. The summed E-state index contributed by atoms with van der Waals surface area (Å²) in [5, 5.41) is 10.0. The summed E-state index contributed by atoms with van der Waals surface area (Å²) < 4.78 is 1.56. The summed E-state index contributed by atoms with van der Waals surface area (Å²) in [5.74, 6) is -0.188. The van der Waals surface area contributed by atoms with E-state index in [1.54, 1.807) is 29.0 Å². The number of nitrogens with one attached hydrogen (secondary N) is 2. The molecular weight excluding hydrogens is 354 g/mol. The maximum atomic E-state index is 12.6. The largest absolute Gasteiger partial charge is 0.355 e. The van der Waals surface area contributed by atoms with Crippen LogP contribution in [0.3, 0.4) is 0 Å². The van der Waals surface area contributed by atoms with Crippen LogP contribution in [0, 0.1) is 0 Å². The summed E-state index contributed by atoms with van der Waals surface area (Å²) in [6.45, 7) is 2.74. The molecule has 0 radical (unpaired) electrons. The van der Waals surface area contributed by atoms with Gasteiger partial charge in [0.1, 0.15) is 5.69 Å². The number of anilines is 1. The Kier molecular flexibility index (Phi) is 4.81. The van der Waals surface area contributed by atoms with E-state index in [4.69, 9.17) is 0 Å². The van der Waals surface area contributed by atoms with Gasteiger partial charge in [-0.1, -0.05) is 25.5 Å². The molecule has 7 nitrogen and oxygen atoms in total. The number of nitrogens with zero attached hydrogens (tertiary/aromatic N) is 3. The summed E-state index contributed by atoms with van der Waals surface area (Å²) >= 11 is 0. The van der Waals surface area contributed by atoms with Gasteiger partial charge in [-0.25, -0.2) is 9.50 Å². The third-order valence-electron chi connectivity index (χ3n) is 5.34. The van der Waals surface area contributed by atoms with Gasteiger partial charge in [0.05, 0.1) is 11.6 Å². The van der Waals surface area contributed by atoms with Crippen LogP contribution in [-0.2, 0) is 10.2 Å². The third kappa shape index (κ3) is 3.24. The minimum Gasteiger partial charge on any atom is -0.355 e. The van der Waals surface area contributed by atoms with E-state index in [2.05, 4.69) is 20.7 Å². The number of fused-ring (bicyclic) bond motifs is 1. The van der Waals surface area contributed by atoms with Gasteiger partial charge in [-0.2, -0.15) is 5.10 Å². The van der Waals surface area contributed by atoms with Crippen LogP contribution in [0.1, 0.15) is 48.7 Å². The van der Waals surface area contributed by atoms with Crippen LogP contribution >= 0.6 is 0 Å². The maximum absolute atomic E-state index is 12.6. The molecule has 2 heterocycles. The van der Waals surface area contributed by atoms with Crippen molar-refractivity contribution in [3.8, 4) is 0 Å². The van der Waals surface area contributed by atoms with Gasteiger partial charge >= 0.3 is 0 Å². The Hall–Kier alpha value is -3.22. The second-order valence-corrected chi connectivity index (χ2v) is 7.18. The highest BCUT2D eigenvalue weighted by molar-refractivity contribution is 6.03. The Labute approximate surface area is 163 Å². The summed E-state index contributed by atoms with van der Waals surface area (Å²) in [5.41, 5.74) is 2.17. The van der Waals surface area contributed by atoms with E-state index >= 15 is 0 Å². The molecule has 1 aromatic carbocycles. The molecule has 0 bridgehead atoms. The normalized spacial score (nSPS) is 15.0. The number of rotatable bonds is 6. The van der Waals surface area contributed by atoms with E-state index in [1.807, 2.05) is 31.2 Å².